The van der Waals surface area contributed by atoms with E-state index in [0.29, 0.717) is 30.5 Å². The van der Waals surface area contributed by atoms with Crippen LogP contribution in [0.15, 0.2) is 29.3 Å². The molecule has 1 aromatic carbocycles. The zero-order valence-corrected chi connectivity index (χ0v) is 15.5. The Morgan fingerprint density at radius 3 is 2.67 bits per heavy atom. The molecular formula is C16H24ClN3O3S. The highest BCUT2D eigenvalue weighted by molar-refractivity contribution is 7.91. The van der Waals surface area contributed by atoms with Gasteiger partial charge < -0.3 is 15.4 Å². The lowest BCUT2D eigenvalue weighted by molar-refractivity contribution is 0.224. The molecule has 0 radical (unpaired) electrons. The third kappa shape index (κ3) is 6.20. The normalized spacial score (nSPS) is 21.3. The topological polar surface area (TPSA) is 79.8 Å². The molecule has 0 amide bonds. The molecule has 1 heterocycles. The molecule has 1 aliphatic rings. The van der Waals surface area contributed by atoms with Gasteiger partial charge in [0.2, 0.25) is 0 Å². The summed E-state index contributed by atoms with van der Waals surface area (Å²) in [5, 5.41) is 7.03. The monoisotopic (exact) mass is 373 g/mol. The summed E-state index contributed by atoms with van der Waals surface area (Å²) in [4.78, 5) is 4.15. The molecule has 2 N–H and O–H groups in total. The number of hydrogen-bond acceptors (Lipinski definition) is 4. The molecule has 0 aromatic heterocycles. The summed E-state index contributed by atoms with van der Waals surface area (Å²) in [7, 11) is -1.16. The zero-order valence-electron chi connectivity index (χ0n) is 14.0. The van der Waals surface area contributed by atoms with Crippen LogP contribution in [0, 0.1) is 5.92 Å². The number of halogens is 1. The molecule has 0 saturated carbocycles. The second-order valence-corrected chi connectivity index (χ2v) is 8.65. The highest BCUT2D eigenvalue weighted by atomic mass is 35.5. The molecule has 24 heavy (non-hydrogen) atoms. The van der Waals surface area contributed by atoms with Crippen molar-refractivity contribution in [2.45, 2.75) is 19.4 Å². The van der Waals surface area contributed by atoms with Crippen molar-refractivity contribution < 1.29 is 13.2 Å². The van der Waals surface area contributed by atoms with E-state index in [-0.39, 0.29) is 23.5 Å². The Labute approximate surface area is 148 Å². The fourth-order valence-electron chi connectivity index (χ4n) is 2.52. The van der Waals surface area contributed by atoms with Gasteiger partial charge in [0.1, 0.15) is 11.9 Å². The zero-order chi connectivity index (χ0) is 17.6. The van der Waals surface area contributed by atoms with Crippen molar-refractivity contribution in [2.24, 2.45) is 10.9 Å². The van der Waals surface area contributed by atoms with Gasteiger partial charge in [0, 0.05) is 18.6 Å². The van der Waals surface area contributed by atoms with Crippen LogP contribution in [0.3, 0.4) is 0 Å². The van der Waals surface area contributed by atoms with Crippen LogP contribution in [0.25, 0.3) is 0 Å². The number of rotatable bonds is 6. The summed E-state index contributed by atoms with van der Waals surface area (Å²) in [6.45, 7) is 3.13. The van der Waals surface area contributed by atoms with Gasteiger partial charge >= 0.3 is 0 Å². The number of nitrogens with zero attached hydrogens (tertiary/aromatic N) is 1. The highest BCUT2D eigenvalue weighted by Gasteiger charge is 2.27. The fraction of sp³-hybridized carbons (Fsp3) is 0.562. The molecule has 2 unspecified atom stereocenters. The maximum Gasteiger partial charge on any atom is 0.191 e. The first-order chi connectivity index (χ1) is 11.4. The minimum atomic E-state index is -2.84. The summed E-state index contributed by atoms with van der Waals surface area (Å²) in [5.41, 5.74) is 0. The van der Waals surface area contributed by atoms with Crippen molar-refractivity contribution in [3.63, 3.8) is 0 Å². The molecule has 0 spiro atoms. The van der Waals surface area contributed by atoms with Crippen LogP contribution in [0.4, 0.5) is 0 Å². The summed E-state index contributed by atoms with van der Waals surface area (Å²) in [6.07, 6.45) is 0.652. The van der Waals surface area contributed by atoms with Gasteiger partial charge in [-0.25, -0.2) is 8.42 Å². The van der Waals surface area contributed by atoms with E-state index in [0.717, 1.165) is 5.75 Å². The first-order valence-electron chi connectivity index (χ1n) is 7.95. The van der Waals surface area contributed by atoms with Gasteiger partial charge in [0.15, 0.2) is 15.8 Å². The Bertz CT molecular complexity index is 662. The van der Waals surface area contributed by atoms with E-state index in [2.05, 4.69) is 15.6 Å². The van der Waals surface area contributed by atoms with E-state index < -0.39 is 9.84 Å². The summed E-state index contributed by atoms with van der Waals surface area (Å²) in [6, 6.07) is 7.22. The van der Waals surface area contributed by atoms with Gasteiger partial charge in [-0.2, -0.15) is 0 Å². The van der Waals surface area contributed by atoms with Crippen molar-refractivity contribution in [3.8, 4) is 5.75 Å². The van der Waals surface area contributed by atoms with Crippen molar-refractivity contribution in [1.82, 2.24) is 10.6 Å². The number of nitrogens with one attached hydrogen (secondary N) is 2. The lowest BCUT2D eigenvalue weighted by Crippen LogP contribution is -2.43. The van der Waals surface area contributed by atoms with E-state index in [1.54, 1.807) is 19.2 Å². The maximum atomic E-state index is 11.5. The summed E-state index contributed by atoms with van der Waals surface area (Å²) in [5.74, 6) is 2.10. The molecule has 2 rings (SSSR count). The Kier molecular flexibility index (Phi) is 6.74. The van der Waals surface area contributed by atoms with Gasteiger partial charge in [-0.05, 0) is 43.5 Å². The number of benzene rings is 1. The summed E-state index contributed by atoms with van der Waals surface area (Å²) >= 11 is 5.85. The van der Waals surface area contributed by atoms with Crippen molar-refractivity contribution >= 4 is 27.4 Å². The largest absolute Gasteiger partial charge is 0.489 e. The second kappa shape index (κ2) is 8.58. The first-order valence-corrected chi connectivity index (χ1v) is 10.1. The van der Waals surface area contributed by atoms with E-state index >= 15 is 0 Å². The number of sulfone groups is 1. The average molecular weight is 374 g/mol. The molecule has 6 nitrogen and oxygen atoms in total. The SMILES string of the molecule is CN=C(NCC1CCS(=O)(=O)C1)NCC(C)Oc1ccc(Cl)cc1. The van der Waals surface area contributed by atoms with Crippen LogP contribution < -0.4 is 15.4 Å². The molecule has 1 saturated heterocycles. The second-order valence-electron chi connectivity index (χ2n) is 5.99. The van der Waals surface area contributed by atoms with Crippen LogP contribution in [0.5, 0.6) is 5.75 Å². The minimum absolute atomic E-state index is 0.0587. The van der Waals surface area contributed by atoms with Gasteiger partial charge in [-0.15, -0.1) is 0 Å². The number of hydrogen-bond donors (Lipinski definition) is 2. The molecule has 8 heteroatoms. The van der Waals surface area contributed by atoms with Crippen molar-refractivity contribution in [3.05, 3.63) is 29.3 Å². The Morgan fingerprint density at radius 2 is 2.08 bits per heavy atom. The van der Waals surface area contributed by atoms with Crippen LogP contribution in [-0.2, 0) is 9.84 Å². The van der Waals surface area contributed by atoms with E-state index in [4.69, 9.17) is 16.3 Å². The summed E-state index contributed by atoms with van der Waals surface area (Å²) < 4.78 is 28.7. The minimum Gasteiger partial charge on any atom is -0.489 e. The highest BCUT2D eigenvalue weighted by Crippen LogP contribution is 2.17. The number of guanidine groups is 1. The van der Waals surface area contributed by atoms with Gasteiger partial charge in [0.05, 0.1) is 18.1 Å². The molecule has 2 atom stereocenters. The van der Waals surface area contributed by atoms with Crippen LogP contribution in [0.1, 0.15) is 13.3 Å². The van der Waals surface area contributed by atoms with Gasteiger partial charge in [-0.1, -0.05) is 11.6 Å². The predicted octanol–water partition coefficient (Wildman–Crippen LogP) is 1.71. The van der Waals surface area contributed by atoms with Crippen molar-refractivity contribution in [2.75, 3.05) is 31.6 Å². The first kappa shape index (κ1) is 18.9. The quantitative estimate of drug-likeness (QED) is 0.586. The Morgan fingerprint density at radius 1 is 1.38 bits per heavy atom. The fourth-order valence-corrected chi connectivity index (χ4v) is 4.51. The average Bonchev–Trinajstić information content (AvgIpc) is 2.89. The van der Waals surface area contributed by atoms with Crippen LogP contribution in [-0.4, -0.2) is 52.1 Å². The van der Waals surface area contributed by atoms with Gasteiger partial charge in [-0.3, -0.25) is 4.99 Å². The molecule has 1 aromatic rings. The third-order valence-electron chi connectivity index (χ3n) is 3.82. The predicted molar refractivity (Wildman–Crippen MR) is 97.7 cm³/mol. The third-order valence-corrected chi connectivity index (χ3v) is 5.91. The smallest absolute Gasteiger partial charge is 0.191 e. The molecule has 134 valence electrons. The number of ether oxygens (including phenoxy) is 1. The van der Waals surface area contributed by atoms with E-state index in [1.165, 1.54) is 0 Å². The van der Waals surface area contributed by atoms with Crippen molar-refractivity contribution in [1.29, 1.82) is 0 Å². The van der Waals surface area contributed by atoms with Crippen LogP contribution in [0.2, 0.25) is 5.02 Å². The van der Waals surface area contributed by atoms with Crippen LogP contribution >= 0.6 is 11.6 Å². The van der Waals surface area contributed by atoms with E-state index in [1.807, 2.05) is 19.1 Å². The number of aliphatic imine (C=N–C) groups is 1. The maximum absolute atomic E-state index is 11.5. The molecule has 1 aliphatic heterocycles. The standard InChI is InChI=1S/C16H24ClN3O3S/c1-12(23-15-5-3-14(17)4-6-15)9-19-16(18-2)20-10-13-7-8-24(21,22)11-13/h3-6,12-13H,7-11H2,1-2H3,(H2,18,19,20). The lowest BCUT2D eigenvalue weighted by Gasteiger charge is -2.18. The molecular weight excluding hydrogens is 350 g/mol. The lowest BCUT2D eigenvalue weighted by atomic mass is 10.1. The van der Waals surface area contributed by atoms with E-state index in [9.17, 15) is 8.42 Å². The van der Waals surface area contributed by atoms with Gasteiger partial charge in [0.25, 0.3) is 0 Å². The Balaban J connectivity index is 1.72. The molecule has 0 aliphatic carbocycles. The Hall–Kier alpha value is -1.47. The molecule has 0 bridgehead atoms. The molecule has 1 fully saturated rings.